The standard InChI is InChI=1S/C12H12N2O3S/c1-7(15)13-9(6-11(16)17)12-14-8-4-2-3-5-10(8)18-12/h2-5,9H,6H2,1H3,(H,13,15)(H,16,17)/t9-/m0/s1. The van der Waals surface area contributed by atoms with Crippen LogP contribution in [0.2, 0.25) is 0 Å². The van der Waals surface area contributed by atoms with Gasteiger partial charge in [0.05, 0.1) is 22.7 Å². The Balaban J connectivity index is 2.33. The molecule has 94 valence electrons. The van der Waals surface area contributed by atoms with Crippen LogP contribution in [0.3, 0.4) is 0 Å². The molecule has 1 heterocycles. The summed E-state index contributed by atoms with van der Waals surface area (Å²) in [6.07, 6.45) is -0.167. The molecule has 2 rings (SSSR count). The Morgan fingerprint density at radius 3 is 2.78 bits per heavy atom. The molecule has 0 fully saturated rings. The van der Waals surface area contributed by atoms with E-state index in [4.69, 9.17) is 5.11 Å². The second kappa shape index (κ2) is 5.14. The SMILES string of the molecule is CC(=O)N[C@@H](CC(=O)O)c1nc2ccccc2s1. The van der Waals surface area contributed by atoms with Crippen molar-refractivity contribution in [3.05, 3.63) is 29.3 Å². The molecule has 1 amide bonds. The summed E-state index contributed by atoms with van der Waals surface area (Å²) >= 11 is 1.40. The van der Waals surface area contributed by atoms with Crippen LogP contribution in [0.15, 0.2) is 24.3 Å². The van der Waals surface area contributed by atoms with Gasteiger partial charge in [-0.25, -0.2) is 4.98 Å². The van der Waals surface area contributed by atoms with Crippen molar-refractivity contribution in [3.63, 3.8) is 0 Å². The van der Waals surface area contributed by atoms with Crippen LogP contribution in [0.25, 0.3) is 10.2 Å². The summed E-state index contributed by atoms with van der Waals surface area (Å²) in [6.45, 7) is 1.36. The fraction of sp³-hybridized carbons (Fsp3) is 0.250. The molecule has 0 aliphatic rings. The molecule has 0 aliphatic carbocycles. The molecule has 0 radical (unpaired) electrons. The number of carboxylic acid groups (broad SMARTS) is 1. The summed E-state index contributed by atoms with van der Waals surface area (Å²) in [6, 6.07) is 6.98. The number of hydrogen-bond donors (Lipinski definition) is 2. The van der Waals surface area contributed by atoms with E-state index in [-0.39, 0.29) is 12.3 Å². The monoisotopic (exact) mass is 264 g/mol. The van der Waals surface area contributed by atoms with Crippen molar-refractivity contribution < 1.29 is 14.7 Å². The first-order valence-electron chi connectivity index (χ1n) is 5.40. The number of carbonyl (C=O) groups is 2. The zero-order valence-corrected chi connectivity index (χ0v) is 10.5. The van der Waals surface area contributed by atoms with Crippen LogP contribution in [0.4, 0.5) is 0 Å². The van der Waals surface area contributed by atoms with Gasteiger partial charge in [0.15, 0.2) is 0 Å². The van der Waals surface area contributed by atoms with Crippen molar-refractivity contribution in [2.45, 2.75) is 19.4 Å². The normalized spacial score (nSPS) is 12.3. The van der Waals surface area contributed by atoms with Gasteiger partial charge in [0.25, 0.3) is 0 Å². The third kappa shape index (κ3) is 2.84. The lowest BCUT2D eigenvalue weighted by molar-refractivity contribution is -0.137. The number of para-hydroxylation sites is 1. The zero-order valence-electron chi connectivity index (χ0n) is 9.71. The van der Waals surface area contributed by atoms with Crippen LogP contribution >= 0.6 is 11.3 Å². The van der Waals surface area contributed by atoms with Gasteiger partial charge in [-0.3, -0.25) is 9.59 Å². The molecule has 0 spiro atoms. The van der Waals surface area contributed by atoms with Gasteiger partial charge in [0.2, 0.25) is 5.91 Å². The fourth-order valence-corrected chi connectivity index (χ4v) is 2.68. The van der Waals surface area contributed by atoms with Crippen LogP contribution in [0, 0.1) is 0 Å². The highest BCUT2D eigenvalue weighted by Gasteiger charge is 2.20. The maximum Gasteiger partial charge on any atom is 0.305 e. The van der Waals surface area contributed by atoms with E-state index in [1.165, 1.54) is 18.3 Å². The molecule has 18 heavy (non-hydrogen) atoms. The van der Waals surface area contributed by atoms with Gasteiger partial charge in [0.1, 0.15) is 5.01 Å². The zero-order chi connectivity index (χ0) is 13.1. The molecule has 1 aromatic heterocycles. The Labute approximate surface area is 107 Å². The Morgan fingerprint density at radius 2 is 2.17 bits per heavy atom. The summed E-state index contributed by atoms with van der Waals surface area (Å²) in [5, 5.41) is 12.1. The number of rotatable bonds is 4. The van der Waals surface area contributed by atoms with E-state index in [0.29, 0.717) is 5.01 Å². The quantitative estimate of drug-likeness (QED) is 0.884. The summed E-state index contributed by atoms with van der Waals surface area (Å²) in [7, 11) is 0. The first-order valence-corrected chi connectivity index (χ1v) is 6.22. The minimum Gasteiger partial charge on any atom is -0.481 e. The van der Waals surface area contributed by atoms with Gasteiger partial charge < -0.3 is 10.4 Å². The van der Waals surface area contributed by atoms with Crippen LogP contribution in [0.1, 0.15) is 24.4 Å². The number of aromatic nitrogens is 1. The Bertz CT molecular complexity index is 545. The van der Waals surface area contributed by atoms with E-state index in [1.54, 1.807) is 0 Å². The van der Waals surface area contributed by atoms with Crippen molar-refractivity contribution in [1.82, 2.24) is 10.3 Å². The van der Waals surface area contributed by atoms with Gasteiger partial charge in [0, 0.05) is 6.92 Å². The third-order valence-corrected chi connectivity index (χ3v) is 3.51. The van der Waals surface area contributed by atoms with E-state index in [0.717, 1.165) is 10.2 Å². The molecule has 2 aromatic rings. The van der Waals surface area contributed by atoms with Crippen molar-refractivity contribution in [2.75, 3.05) is 0 Å². The second-order valence-electron chi connectivity index (χ2n) is 3.87. The Kier molecular flexibility index (Phi) is 3.57. The number of carbonyl (C=O) groups excluding carboxylic acids is 1. The van der Waals surface area contributed by atoms with Gasteiger partial charge >= 0.3 is 5.97 Å². The first-order chi connectivity index (χ1) is 8.56. The molecule has 0 saturated carbocycles. The molecule has 2 N–H and O–H groups in total. The van der Waals surface area contributed by atoms with Crippen LogP contribution in [-0.4, -0.2) is 22.0 Å². The first kappa shape index (κ1) is 12.5. The van der Waals surface area contributed by atoms with E-state index in [2.05, 4.69) is 10.3 Å². The molecule has 1 atom stereocenters. The summed E-state index contributed by atoms with van der Waals surface area (Å²) in [5.41, 5.74) is 0.818. The summed E-state index contributed by atoms with van der Waals surface area (Å²) in [4.78, 5) is 26.3. The highest BCUT2D eigenvalue weighted by atomic mass is 32.1. The van der Waals surface area contributed by atoms with Gasteiger partial charge in [-0.15, -0.1) is 11.3 Å². The molecular formula is C12H12N2O3S. The van der Waals surface area contributed by atoms with Crippen molar-refractivity contribution in [1.29, 1.82) is 0 Å². The van der Waals surface area contributed by atoms with E-state index in [9.17, 15) is 9.59 Å². The smallest absolute Gasteiger partial charge is 0.305 e. The van der Waals surface area contributed by atoms with Crippen molar-refractivity contribution >= 4 is 33.4 Å². The lowest BCUT2D eigenvalue weighted by atomic mass is 10.2. The predicted molar refractivity (Wildman–Crippen MR) is 68.4 cm³/mol. The number of carboxylic acids is 1. The van der Waals surface area contributed by atoms with Crippen molar-refractivity contribution in [2.24, 2.45) is 0 Å². The molecule has 0 aliphatic heterocycles. The third-order valence-electron chi connectivity index (χ3n) is 2.36. The molecule has 6 heteroatoms. The number of amides is 1. The predicted octanol–water partition coefficient (Wildman–Crippen LogP) is 1.95. The molecule has 0 bridgehead atoms. The number of nitrogens with one attached hydrogen (secondary N) is 1. The lowest BCUT2D eigenvalue weighted by Gasteiger charge is -2.12. The van der Waals surface area contributed by atoms with Gasteiger partial charge in [-0.05, 0) is 12.1 Å². The molecule has 0 saturated heterocycles. The van der Waals surface area contributed by atoms with Gasteiger partial charge in [-0.2, -0.15) is 0 Å². The lowest BCUT2D eigenvalue weighted by Crippen LogP contribution is -2.27. The number of thiazole rings is 1. The van der Waals surface area contributed by atoms with E-state index >= 15 is 0 Å². The highest BCUT2D eigenvalue weighted by molar-refractivity contribution is 7.18. The average Bonchev–Trinajstić information content (AvgIpc) is 2.70. The number of benzene rings is 1. The summed E-state index contributed by atoms with van der Waals surface area (Å²) < 4.78 is 0.980. The molecule has 1 aromatic carbocycles. The Morgan fingerprint density at radius 1 is 1.44 bits per heavy atom. The highest BCUT2D eigenvalue weighted by Crippen LogP contribution is 2.27. The second-order valence-corrected chi connectivity index (χ2v) is 4.93. The van der Waals surface area contributed by atoms with Crippen LogP contribution in [-0.2, 0) is 9.59 Å². The maximum absolute atomic E-state index is 11.1. The van der Waals surface area contributed by atoms with Crippen LogP contribution in [0.5, 0.6) is 0 Å². The van der Waals surface area contributed by atoms with Crippen molar-refractivity contribution in [3.8, 4) is 0 Å². The molecular weight excluding hydrogens is 252 g/mol. The largest absolute Gasteiger partial charge is 0.481 e. The minimum atomic E-state index is -0.965. The topological polar surface area (TPSA) is 79.3 Å². The number of fused-ring (bicyclic) bond motifs is 1. The molecule has 0 unspecified atom stereocenters. The maximum atomic E-state index is 11.1. The Hall–Kier alpha value is -1.95. The fourth-order valence-electron chi connectivity index (χ4n) is 1.66. The van der Waals surface area contributed by atoms with E-state index in [1.807, 2.05) is 24.3 Å². The van der Waals surface area contributed by atoms with E-state index < -0.39 is 12.0 Å². The average molecular weight is 264 g/mol. The minimum absolute atomic E-state index is 0.167. The van der Waals surface area contributed by atoms with Gasteiger partial charge in [-0.1, -0.05) is 12.1 Å². The van der Waals surface area contributed by atoms with Crippen LogP contribution < -0.4 is 5.32 Å². The number of hydrogen-bond acceptors (Lipinski definition) is 4. The number of aliphatic carboxylic acids is 1. The number of nitrogens with zero attached hydrogens (tertiary/aromatic N) is 1. The summed E-state index contributed by atoms with van der Waals surface area (Å²) in [5.74, 6) is -1.23. The molecule has 5 nitrogen and oxygen atoms in total.